The van der Waals surface area contributed by atoms with Crippen LogP contribution >= 0.6 is 11.3 Å². The molecule has 0 N–H and O–H groups in total. The van der Waals surface area contributed by atoms with Crippen molar-refractivity contribution >= 4 is 24.1 Å². The molecule has 28 valence electrons. The van der Waals surface area contributed by atoms with Gasteiger partial charge in [-0.05, 0) is 0 Å². The third-order valence-electron chi connectivity index (χ3n) is 0.451. The smallest absolute Gasteiger partial charge is 0.157 e. The Morgan fingerprint density at radius 3 is 2.83 bits per heavy atom. The highest BCUT2D eigenvalue weighted by Crippen LogP contribution is 1.81. The molecule has 6 heavy (non-hydrogen) atoms. The second kappa shape index (κ2) is 1.43. The molecule has 0 aliphatic rings. The molecule has 0 spiro atoms. The maximum absolute atomic E-state index is 5.19. The van der Waals surface area contributed by atoms with Crippen LogP contribution in [0.4, 0.5) is 0 Å². The third-order valence-corrected chi connectivity index (χ3v) is 1.06. The lowest BCUT2D eigenvalue weighted by molar-refractivity contribution is 1.48. The predicted octanol–water partition coefficient (Wildman–Crippen LogP) is -0.0631. The van der Waals surface area contributed by atoms with E-state index in [2.05, 4.69) is 4.98 Å². The van der Waals surface area contributed by atoms with Crippen LogP contribution in [0.5, 0.6) is 0 Å². The maximum Gasteiger partial charge on any atom is 0.157 e. The van der Waals surface area contributed by atoms with Crippen molar-refractivity contribution in [3.8, 4) is 0 Å². The molecule has 0 fully saturated rings. The number of hydrogen-bond donors (Lipinski definition) is 0. The number of rotatable bonds is 0. The zero-order valence-corrected chi connectivity index (χ0v) is 3.90. The summed E-state index contributed by atoms with van der Waals surface area (Å²) in [7, 11) is 5.19. The van der Waals surface area contributed by atoms with Crippen molar-refractivity contribution in [2.45, 2.75) is 0 Å². The van der Waals surface area contributed by atoms with Crippen molar-refractivity contribution < 1.29 is 0 Å². The summed E-state index contributed by atoms with van der Waals surface area (Å²) >= 11 is 1.44. The Morgan fingerprint density at radius 2 is 2.67 bits per heavy atom. The predicted molar refractivity (Wildman–Crippen MR) is 27.5 cm³/mol. The molecule has 2 radical (unpaired) electrons. The summed E-state index contributed by atoms with van der Waals surface area (Å²) < 4.78 is 0. The molecule has 0 amide bonds. The zero-order chi connectivity index (χ0) is 4.41. The van der Waals surface area contributed by atoms with Crippen molar-refractivity contribution in [3.05, 3.63) is 11.6 Å². The van der Waals surface area contributed by atoms with Crippen LogP contribution in [0.3, 0.4) is 0 Å². The van der Waals surface area contributed by atoms with E-state index < -0.39 is 0 Å². The van der Waals surface area contributed by atoms with E-state index in [1.54, 1.807) is 6.20 Å². The molecule has 0 aliphatic carbocycles. The highest BCUT2D eigenvalue weighted by atomic mass is 32.1. The van der Waals surface area contributed by atoms with E-state index in [4.69, 9.17) is 7.85 Å². The van der Waals surface area contributed by atoms with E-state index in [0.29, 0.717) is 4.91 Å². The number of aromatic nitrogens is 1. The van der Waals surface area contributed by atoms with Crippen LogP contribution in [-0.2, 0) is 0 Å². The Hall–Kier alpha value is -0.305. The zero-order valence-electron chi connectivity index (χ0n) is 3.09. The van der Waals surface area contributed by atoms with Gasteiger partial charge in [-0.15, -0.1) is 11.3 Å². The van der Waals surface area contributed by atoms with E-state index >= 15 is 0 Å². The quantitative estimate of drug-likeness (QED) is 0.411. The van der Waals surface area contributed by atoms with Crippen LogP contribution in [0, 0.1) is 0 Å². The molecule has 1 rings (SSSR count). The first kappa shape index (κ1) is 3.87. The number of thiazole rings is 1. The summed E-state index contributed by atoms with van der Waals surface area (Å²) in [6.07, 6.45) is 1.68. The van der Waals surface area contributed by atoms with Crippen LogP contribution in [-0.4, -0.2) is 12.8 Å². The van der Waals surface area contributed by atoms with Gasteiger partial charge in [-0.3, -0.25) is 4.98 Å². The van der Waals surface area contributed by atoms with E-state index in [9.17, 15) is 0 Å². The molecular weight excluding hydrogens is 92.9 g/mol. The van der Waals surface area contributed by atoms with Gasteiger partial charge < -0.3 is 0 Å². The van der Waals surface area contributed by atoms with Crippen LogP contribution < -0.4 is 4.91 Å². The van der Waals surface area contributed by atoms with Gasteiger partial charge in [-0.1, -0.05) is 0 Å². The fourth-order valence-electron chi connectivity index (χ4n) is 0.234. The van der Waals surface area contributed by atoms with E-state index in [1.807, 2.05) is 5.38 Å². The minimum Gasteiger partial charge on any atom is -0.262 e. The average Bonchev–Trinajstić information content (AvgIpc) is 1.86. The van der Waals surface area contributed by atoms with Gasteiger partial charge in [0.25, 0.3) is 0 Å². The summed E-state index contributed by atoms with van der Waals surface area (Å²) in [6, 6.07) is 0. The van der Waals surface area contributed by atoms with Gasteiger partial charge in [0.2, 0.25) is 0 Å². The number of nitrogens with zero attached hydrogens (tertiary/aromatic N) is 1. The van der Waals surface area contributed by atoms with Crippen LogP contribution in [0.15, 0.2) is 11.6 Å². The third kappa shape index (κ3) is 0.599. The lowest BCUT2D eigenvalue weighted by Crippen LogP contribution is -1.95. The highest BCUT2D eigenvalue weighted by molar-refractivity contribution is 7.17. The van der Waals surface area contributed by atoms with Crippen molar-refractivity contribution in [1.29, 1.82) is 0 Å². The molecule has 1 aromatic rings. The Bertz CT molecular complexity index is 114. The van der Waals surface area contributed by atoms with E-state index in [1.165, 1.54) is 11.3 Å². The monoisotopic (exact) mass is 95.0 g/mol. The molecule has 0 unspecified atom stereocenters. The molecule has 1 nitrogen and oxygen atoms in total. The molecule has 0 atom stereocenters. The second-order valence-corrected chi connectivity index (χ2v) is 1.80. The lowest BCUT2D eigenvalue weighted by atomic mass is 10.2. The minimum absolute atomic E-state index is 0.634. The van der Waals surface area contributed by atoms with Crippen LogP contribution in [0.2, 0.25) is 0 Å². The molecule has 3 heteroatoms. The normalized spacial score (nSPS) is 8.67. The van der Waals surface area contributed by atoms with Gasteiger partial charge >= 0.3 is 0 Å². The van der Waals surface area contributed by atoms with E-state index in [-0.39, 0.29) is 0 Å². The Kier molecular flexibility index (Phi) is 0.923. The van der Waals surface area contributed by atoms with Gasteiger partial charge in [0.15, 0.2) is 7.85 Å². The summed E-state index contributed by atoms with van der Waals surface area (Å²) in [6.45, 7) is 0. The SMILES string of the molecule is [B]c1nccs1. The molecule has 1 aromatic heterocycles. The Balaban J connectivity index is 3.05. The number of hydrogen-bond acceptors (Lipinski definition) is 2. The summed E-state index contributed by atoms with van der Waals surface area (Å²) in [5, 5.41) is 1.84. The van der Waals surface area contributed by atoms with Gasteiger partial charge in [-0.25, -0.2) is 0 Å². The van der Waals surface area contributed by atoms with Crippen molar-refractivity contribution in [1.82, 2.24) is 4.98 Å². The Labute approximate surface area is 41.4 Å². The summed E-state index contributed by atoms with van der Waals surface area (Å²) in [4.78, 5) is 4.35. The fourth-order valence-corrected chi connectivity index (χ4v) is 0.617. The summed E-state index contributed by atoms with van der Waals surface area (Å²) in [5.74, 6) is 0. The minimum atomic E-state index is 0.634. The topological polar surface area (TPSA) is 12.9 Å². The highest BCUT2D eigenvalue weighted by Gasteiger charge is 1.76. The molecule has 0 saturated heterocycles. The van der Waals surface area contributed by atoms with Gasteiger partial charge in [0, 0.05) is 16.5 Å². The van der Waals surface area contributed by atoms with Gasteiger partial charge in [0.05, 0.1) is 0 Å². The first-order valence-corrected chi connectivity index (χ1v) is 2.42. The average molecular weight is 94.9 g/mol. The first-order valence-electron chi connectivity index (χ1n) is 1.54. The largest absolute Gasteiger partial charge is 0.262 e. The van der Waals surface area contributed by atoms with Crippen molar-refractivity contribution in [2.75, 3.05) is 0 Å². The second-order valence-electron chi connectivity index (χ2n) is 0.870. The lowest BCUT2D eigenvalue weighted by Gasteiger charge is -1.65. The van der Waals surface area contributed by atoms with E-state index in [0.717, 1.165) is 0 Å². The fraction of sp³-hybridized carbons (Fsp3) is 0. The van der Waals surface area contributed by atoms with Crippen molar-refractivity contribution in [2.24, 2.45) is 0 Å². The standard InChI is InChI=1S/C3H2BNS/c4-3-5-1-2-6-3/h1-2H. The van der Waals surface area contributed by atoms with Crippen LogP contribution in [0.25, 0.3) is 0 Å². The summed E-state index contributed by atoms with van der Waals surface area (Å²) in [5.41, 5.74) is 0. The molecule has 1 heterocycles. The van der Waals surface area contributed by atoms with Gasteiger partial charge in [0.1, 0.15) is 0 Å². The maximum atomic E-state index is 5.19. The first-order chi connectivity index (χ1) is 2.89. The van der Waals surface area contributed by atoms with Crippen LogP contribution in [0.1, 0.15) is 0 Å². The molecule has 0 aliphatic heterocycles. The molecule has 0 saturated carbocycles. The molecule has 0 bridgehead atoms. The van der Waals surface area contributed by atoms with Gasteiger partial charge in [-0.2, -0.15) is 0 Å². The van der Waals surface area contributed by atoms with Crippen molar-refractivity contribution in [3.63, 3.8) is 0 Å². The molecule has 0 aromatic carbocycles. The molecular formula is C3H2BNS. The Morgan fingerprint density at radius 1 is 1.83 bits per heavy atom.